The van der Waals surface area contributed by atoms with Gasteiger partial charge in [0.15, 0.2) is 11.6 Å². The van der Waals surface area contributed by atoms with Gasteiger partial charge in [0, 0.05) is 17.9 Å². The van der Waals surface area contributed by atoms with Crippen molar-refractivity contribution in [1.29, 1.82) is 0 Å². The Morgan fingerprint density at radius 1 is 1.25 bits per heavy atom. The minimum atomic E-state index is -2.18. The van der Waals surface area contributed by atoms with Gasteiger partial charge in [-0.15, -0.1) is 0 Å². The molecule has 0 amide bonds. The lowest BCUT2D eigenvalue weighted by Gasteiger charge is -2.20. The molecule has 1 aromatic carbocycles. The van der Waals surface area contributed by atoms with Crippen molar-refractivity contribution in [2.45, 2.75) is 26.2 Å². The summed E-state index contributed by atoms with van der Waals surface area (Å²) in [7, 11) is -0.755. The Bertz CT molecular complexity index is 400. The topological polar surface area (TPSA) is 29.5 Å². The molecule has 0 spiro atoms. The minimum Gasteiger partial charge on any atom is -0.505 e. The summed E-state index contributed by atoms with van der Waals surface area (Å²) in [6.07, 6.45) is 0. The molecular formula is C11H16F2O2Si. The third-order valence-electron chi connectivity index (χ3n) is 2.31. The Morgan fingerprint density at radius 3 is 2.25 bits per heavy atom. The zero-order valence-corrected chi connectivity index (χ0v) is 10.9. The summed E-state index contributed by atoms with van der Waals surface area (Å²) in [5, 5.41) is 9.45. The first-order valence-corrected chi connectivity index (χ1v) is 8.48. The number of phenols is 1. The van der Waals surface area contributed by atoms with Crippen LogP contribution in [0.2, 0.25) is 19.6 Å². The summed E-state index contributed by atoms with van der Waals surface area (Å²) in [5.41, 5.74) is 0.193. The van der Waals surface area contributed by atoms with Crippen molar-refractivity contribution in [2.75, 3.05) is 7.11 Å². The van der Waals surface area contributed by atoms with Gasteiger partial charge in [0.2, 0.25) is 0 Å². The number of benzene rings is 1. The molecule has 0 aliphatic carbocycles. The minimum absolute atomic E-state index is 0.0250. The number of phenolic OH excluding ortho intramolecular Hbond substituents is 1. The van der Waals surface area contributed by atoms with Crippen LogP contribution in [0.3, 0.4) is 0 Å². The quantitative estimate of drug-likeness (QED) is 0.830. The predicted octanol–water partition coefficient (Wildman–Crippen LogP) is 2.36. The third-order valence-corrected chi connectivity index (χ3v) is 4.25. The molecule has 5 heteroatoms. The van der Waals surface area contributed by atoms with Crippen molar-refractivity contribution in [2.24, 2.45) is 0 Å². The van der Waals surface area contributed by atoms with Crippen LogP contribution < -0.4 is 5.19 Å². The van der Waals surface area contributed by atoms with Gasteiger partial charge in [-0.05, 0) is 6.07 Å². The highest BCUT2D eigenvalue weighted by Crippen LogP contribution is 2.22. The van der Waals surface area contributed by atoms with Crippen molar-refractivity contribution in [1.82, 2.24) is 0 Å². The van der Waals surface area contributed by atoms with E-state index >= 15 is 0 Å². The molecule has 2 nitrogen and oxygen atoms in total. The van der Waals surface area contributed by atoms with Crippen molar-refractivity contribution >= 4 is 13.3 Å². The number of aromatic hydroxyl groups is 1. The molecule has 0 saturated carbocycles. The molecule has 0 aliphatic rings. The zero-order valence-electron chi connectivity index (χ0n) is 9.90. The van der Waals surface area contributed by atoms with Crippen molar-refractivity contribution in [3.63, 3.8) is 0 Å². The van der Waals surface area contributed by atoms with E-state index in [1.807, 2.05) is 19.6 Å². The molecule has 0 unspecified atom stereocenters. The SMILES string of the molecule is COCc1cc(O)c(F)c([Si](C)(C)C)c1F. The molecule has 1 aromatic rings. The molecule has 0 aliphatic heterocycles. The first-order chi connectivity index (χ1) is 7.29. The Morgan fingerprint density at radius 2 is 1.81 bits per heavy atom. The molecule has 0 fully saturated rings. The first-order valence-electron chi connectivity index (χ1n) is 4.98. The second-order valence-corrected chi connectivity index (χ2v) is 9.74. The number of halogens is 2. The second-order valence-electron chi connectivity index (χ2n) is 4.74. The van der Waals surface area contributed by atoms with E-state index in [-0.39, 0.29) is 17.4 Å². The second kappa shape index (κ2) is 4.51. The van der Waals surface area contributed by atoms with E-state index in [1.54, 1.807) is 0 Å². The molecule has 0 heterocycles. The number of hydrogen-bond donors (Lipinski definition) is 1. The van der Waals surface area contributed by atoms with Gasteiger partial charge in [0.25, 0.3) is 0 Å². The molecular weight excluding hydrogens is 230 g/mol. The van der Waals surface area contributed by atoms with Gasteiger partial charge < -0.3 is 9.84 Å². The fourth-order valence-electron chi connectivity index (χ4n) is 1.60. The maximum absolute atomic E-state index is 14.0. The monoisotopic (exact) mass is 246 g/mol. The summed E-state index contributed by atoms with van der Waals surface area (Å²) in [6.45, 7) is 5.50. The summed E-state index contributed by atoms with van der Waals surface area (Å²) in [4.78, 5) is 0. The van der Waals surface area contributed by atoms with Crippen LogP contribution in [0.15, 0.2) is 6.07 Å². The van der Waals surface area contributed by atoms with Crippen molar-refractivity contribution in [3.05, 3.63) is 23.3 Å². The Hall–Kier alpha value is -0.943. The average molecular weight is 246 g/mol. The van der Waals surface area contributed by atoms with E-state index in [0.29, 0.717) is 0 Å². The highest BCUT2D eigenvalue weighted by molar-refractivity contribution is 6.88. The Balaban J connectivity index is 3.46. The van der Waals surface area contributed by atoms with Crippen LogP contribution in [-0.4, -0.2) is 20.3 Å². The molecule has 0 bridgehead atoms. The van der Waals surface area contributed by atoms with Gasteiger partial charge in [-0.2, -0.15) is 0 Å². The molecule has 0 radical (unpaired) electrons. The van der Waals surface area contributed by atoms with E-state index < -0.39 is 25.5 Å². The van der Waals surface area contributed by atoms with Crippen LogP contribution in [0, 0.1) is 11.6 Å². The smallest absolute Gasteiger partial charge is 0.166 e. The van der Waals surface area contributed by atoms with Crippen LogP contribution in [-0.2, 0) is 11.3 Å². The summed E-state index contributed by atoms with van der Waals surface area (Å²) >= 11 is 0. The third kappa shape index (κ3) is 2.41. The molecule has 16 heavy (non-hydrogen) atoms. The fourth-order valence-corrected chi connectivity index (χ4v) is 3.20. The Labute approximate surface area is 94.9 Å². The van der Waals surface area contributed by atoms with E-state index in [0.717, 1.165) is 6.07 Å². The van der Waals surface area contributed by atoms with Gasteiger partial charge in [0.05, 0.1) is 14.7 Å². The molecule has 1 N–H and O–H groups in total. The number of methoxy groups -OCH3 is 1. The summed E-state index contributed by atoms with van der Waals surface area (Å²) < 4.78 is 32.5. The van der Waals surface area contributed by atoms with Crippen LogP contribution in [0.25, 0.3) is 0 Å². The van der Waals surface area contributed by atoms with Crippen molar-refractivity contribution < 1.29 is 18.6 Å². The van der Waals surface area contributed by atoms with E-state index in [2.05, 4.69) is 0 Å². The van der Waals surface area contributed by atoms with Gasteiger partial charge in [-0.25, -0.2) is 8.78 Å². The molecule has 0 aromatic heterocycles. The number of ether oxygens (including phenoxy) is 1. The molecule has 0 atom stereocenters. The van der Waals surface area contributed by atoms with Gasteiger partial charge in [0.1, 0.15) is 5.82 Å². The largest absolute Gasteiger partial charge is 0.505 e. The van der Waals surface area contributed by atoms with Crippen molar-refractivity contribution in [3.8, 4) is 5.75 Å². The normalized spacial score (nSPS) is 11.9. The van der Waals surface area contributed by atoms with Gasteiger partial charge in [-0.1, -0.05) is 19.6 Å². The lowest BCUT2D eigenvalue weighted by Crippen LogP contribution is -2.43. The summed E-state index contributed by atoms with van der Waals surface area (Å²) in [6, 6.07) is 1.08. The zero-order chi connectivity index (χ0) is 12.5. The number of hydrogen-bond acceptors (Lipinski definition) is 2. The first kappa shape index (κ1) is 13.1. The van der Waals surface area contributed by atoms with E-state index in [4.69, 9.17) is 4.74 Å². The van der Waals surface area contributed by atoms with Crippen LogP contribution in [0.4, 0.5) is 8.78 Å². The lowest BCUT2D eigenvalue weighted by molar-refractivity contribution is 0.181. The predicted molar refractivity (Wildman–Crippen MR) is 61.7 cm³/mol. The molecule has 90 valence electrons. The van der Waals surface area contributed by atoms with E-state index in [9.17, 15) is 13.9 Å². The van der Waals surface area contributed by atoms with Crippen LogP contribution >= 0.6 is 0 Å². The standard InChI is InChI=1S/C11H16F2O2Si/c1-15-6-7-5-8(14)10(13)11(9(7)12)16(2,3)4/h5,14H,6H2,1-4H3. The van der Waals surface area contributed by atoms with Crippen LogP contribution in [0.1, 0.15) is 5.56 Å². The maximum Gasteiger partial charge on any atom is 0.166 e. The summed E-state index contributed by atoms with van der Waals surface area (Å²) in [5.74, 6) is -1.93. The highest BCUT2D eigenvalue weighted by Gasteiger charge is 2.29. The molecule has 0 saturated heterocycles. The van der Waals surface area contributed by atoms with Gasteiger partial charge in [-0.3, -0.25) is 0 Å². The molecule has 1 rings (SSSR count). The van der Waals surface area contributed by atoms with E-state index in [1.165, 1.54) is 7.11 Å². The maximum atomic E-state index is 14.0. The Kier molecular flexibility index (Phi) is 3.70. The fraction of sp³-hybridized carbons (Fsp3) is 0.455. The average Bonchev–Trinajstić information content (AvgIpc) is 2.12. The lowest BCUT2D eigenvalue weighted by atomic mass is 10.2. The van der Waals surface area contributed by atoms with Gasteiger partial charge >= 0.3 is 0 Å². The number of rotatable bonds is 3. The van der Waals surface area contributed by atoms with Crippen LogP contribution in [0.5, 0.6) is 5.75 Å². The highest BCUT2D eigenvalue weighted by atomic mass is 28.3.